The van der Waals surface area contributed by atoms with Crippen LogP contribution in [0, 0.1) is 0 Å². The van der Waals surface area contributed by atoms with Gasteiger partial charge in [0, 0.05) is 23.5 Å². The molecule has 3 aromatic heterocycles. The lowest BCUT2D eigenvalue weighted by atomic mass is 10.1. The maximum absolute atomic E-state index is 12.2. The molecule has 0 spiro atoms. The minimum Gasteiger partial charge on any atom is -0.463 e. The first-order valence-corrected chi connectivity index (χ1v) is 11.1. The van der Waals surface area contributed by atoms with Crippen molar-refractivity contribution in [2.24, 2.45) is 0 Å². The highest BCUT2D eigenvalue weighted by Crippen LogP contribution is 2.40. The highest BCUT2D eigenvalue weighted by Gasteiger charge is 2.25. The minimum absolute atomic E-state index is 0.151. The van der Waals surface area contributed by atoms with Crippen molar-refractivity contribution in [3.05, 3.63) is 52.7 Å². The van der Waals surface area contributed by atoms with Crippen LogP contribution < -0.4 is 0 Å². The lowest BCUT2D eigenvalue weighted by Gasteiger charge is -2.18. The standard InChI is InChI=1S/C24H29N5O4/c1-6-32-22(30)15(2)9-17-10-18(16-7-8-16)11-28-12-19(25-21(17)28)13-29-14-20(26-27-29)23(31)33-24(3,4)5/h9-12,14,16H,6-8,13H2,1-5H3. The molecule has 1 aliphatic carbocycles. The van der Waals surface area contributed by atoms with Crippen LogP contribution >= 0.6 is 0 Å². The SMILES string of the molecule is CCOC(=O)C(C)=Cc1cc(C2CC2)cn2cc(Cn3cc(C(=O)OC(C)(C)C)nn3)nc12. The molecular formula is C24H29N5O4. The van der Waals surface area contributed by atoms with Gasteiger partial charge in [-0.15, -0.1) is 5.10 Å². The molecule has 0 N–H and O–H groups in total. The number of pyridine rings is 1. The Balaban J connectivity index is 1.62. The van der Waals surface area contributed by atoms with Crippen LogP contribution in [0.5, 0.6) is 0 Å². The van der Waals surface area contributed by atoms with Crippen LogP contribution in [0.2, 0.25) is 0 Å². The first-order chi connectivity index (χ1) is 15.6. The van der Waals surface area contributed by atoms with Crippen molar-refractivity contribution in [2.75, 3.05) is 6.61 Å². The highest BCUT2D eigenvalue weighted by molar-refractivity contribution is 5.94. The number of hydrogen-bond acceptors (Lipinski definition) is 7. The average Bonchev–Trinajstić information content (AvgIpc) is 3.33. The summed E-state index contributed by atoms with van der Waals surface area (Å²) in [6.45, 7) is 9.62. The molecule has 174 valence electrons. The first-order valence-electron chi connectivity index (χ1n) is 11.1. The van der Waals surface area contributed by atoms with Gasteiger partial charge in [-0.1, -0.05) is 5.21 Å². The Hall–Kier alpha value is -3.49. The summed E-state index contributed by atoms with van der Waals surface area (Å²) in [4.78, 5) is 29.1. The molecule has 0 atom stereocenters. The maximum Gasteiger partial charge on any atom is 0.361 e. The topological polar surface area (TPSA) is 101 Å². The summed E-state index contributed by atoms with van der Waals surface area (Å²) in [5.74, 6) is -0.307. The number of ether oxygens (including phenoxy) is 2. The fraction of sp³-hybridized carbons (Fsp3) is 0.458. The van der Waals surface area contributed by atoms with Crippen LogP contribution in [-0.4, -0.2) is 48.5 Å². The fourth-order valence-corrected chi connectivity index (χ4v) is 3.52. The zero-order chi connectivity index (χ0) is 23.8. The number of esters is 2. The van der Waals surface area contributed by atoms with E-state index in [0.29, 0.717) is 24.6 Å². The minimum atomic E-state index is -0.604. The zero-order valence-electron chi connectivity index (χ0n) is 19.7. The maximum atomic E-state index is 12.2. The molecule has 9 nitrogen and oxygen atoms in total. The van der Waals surface area contributed by atoms with Crippen molar-refractivity contribution in [3.63, 3.8) is 0 Å². The molecule has 4 rings (SSSR count). The van der Waals surface area contributed by atoms with Gasteiger partial charge in [0.2, 0.25) is 0 Å². The van der Waals surface area contributed by atoms with Crippen LogP contribution in [0.15, 0.2) is 30.2 Å². The predicted molar refractivity (Wildman–Crippen MR) is 122 cm³/mol. The monoisotopic (exact) mass is 451 g/mol. The number of fused-ring (bicyclic) bond motifs is 1. The molecule has 0 radical (unpaired) electrons. The van der Waals surface area contributed by atoms with Gasteiger partial charge in [-0.05, 0) is 71.1 Å². The Bertz CT molecular complexity index is 1230. The van der Waals surface area contributed by atoms with E-state index in [4.69, 9.17) is 14.5 Å². The number of hydrogen-bond donors (Lipinski definition) is 0. The quantitative estimate of drug-likeness (QED) is 0.398. The molecule has 0 aliphatic heterocycles. The third-order valence-electron chi connectivity index (χ3n) is 5.14. The molecular weight excluding hydrogens is 422 g/mol. The molecule has 33 heavy (non-hydrogen) atoms. The number of imidazole rings is 1. The molecule has 9 heteroatoms. The van der Waals surface area contributed by atoms with Gasteiger partial charge in [0.25, 0.3) is 0 Å². The van der Waals surface area contributed by atoms with Crippen molar-refractivity contribution in [1.82, 2.24) is 24.4 Å². The van der Waals surface area contributed by atoms with Crippen LogP contribution in [0.1, 0.15) is 80.7 Å². The smallest absolute Gasteiger partial charge is 0.361 e. The zero-order valence-corrected chi connectivity index (χ0v) is 19.7. The molecule has 3 aromatic rings. The van der Waals surface area contributed by atoms with Crippen LogP contribution in [0.4, 0.5) is 0 Å². The van der Waals surface area contributed by atoms with Crippen LogP contribution in [0.3, 0.4) is 0 Å². The van der Waals surface area contributed by atoms with Gasteiger partial charge in [-0.25, -0.2) is 19.3 Å². The second-order valence-corrected chi connectivity index (χ2v) is 9.32. The van der Waals surface area contributed by atoms with Gasteiger partial charge < -0.3 is 13.9 Å². The summed E-state index contributed by atoms with van der Waals surface area (Å²) < 4.78 is 14.0. The van der Waals surface area contributed by atoms with Crippen molar-refractivity contribution in [3.8, 4) is 0 Å². The number of carbonyl (C=O) groups is 2. The largest absolute Gasteiger partial charge is 0.463 e. The van der Waals surface area contributed by atoms with E-state index in [1.807, 2.05) is 16.7 Å². The van der Waals surface area contributed by atoms with Gasteiger partial charge in [-0.2, -0.15) is 0 Å². The molecule has 3 heterocycles. The molecule has 0 amide bonds. The summed E-state index contributed by atoms with van der Waals surface area (Å²) in [6, 6.07) is 2.10. The molecule has 0 aromatic carbocycles. The third-order valence-corrected chi connectivity index (χ3v) is 5.14. The van der Waals surface area contributed by atoms with Gasteiger partial charge >= 0.3 is 11.9 Å². The fourth-order valence-electron chi connectivity index (χ4n) is 3.52. The van der Waals surface area contributed by atoms with E-state index in [1.165, 1.54) is 18.4 Å². The van der Waals surface area contributed by atoms with E-state index in [0.717, 1.165) is 16.9 Å². The molecule has 1 aliphatic rings. The molecule has 0 bridgehead atoms. The molecule has 0 unspecified atom stereocenters. The van der Waals surface area contributed by atoms with Crippen molar-refractivity contribution in [1.29, 1.82) is 0 Å². The number of nitrogens with zero attached hydrogens (tertiary/aromatic N) is 5. The Morgan fingerprint density at radius 2 is 1.97 bits per heavy atom. The van der Waals surface area contributed by atoms with Crippen molar-refractivity contribution >= 4 is 23.7 Å². The summed E-state index contributed by atoms with van der Waals surface area (Å²) in [5, 5.41) is 7.98. The number of rotatable bonds is 7. The summed E-state index contributed by atoms with van der Waals surface area (Å²) >= 11 is 0. The van der Waals surface area contributed by atoms with Crippen molar-refractivity contribution in [2.45, 2.75) is 65.5 Å². The van der Waals surface area contributed by atoms with Gasteiger partial charge in [0.1, 0.15) is 11.2 Å². The lowest BCUT2D eigenvalue weighted by Crippen LogP contribution is -2.24. The van der Waals surface area contributed by atoms with Gasteiger partial charge in [0.05, 0.1) is 25.0 Å². The Morgan fingerprint density at radius 3 is 2.64 bits per heavy atom. The van der Waals surface area contributed by atoms with E-state index in [9.17, 15) is 9.59 Å². The van der Waals surface area contributed by atoms with E-state index in [2.05, 4.69) is 22.6 Å². The van der Waals surface area contributed by atoms with Crippen LogP contribution in [0.25, 0.3) is 11.7 Å². The molecule has 1 fully saturated rings. The van der Waals surface area contributed by atoms with Crippen molar-refractivity contribution < 1.29 is 19.1 Å². The number of carbonyl (C=O) groups excluding carboxylic acids is 2. The summed E-state index contributed by atoms with van der Waals surface area (Å²) in [5.41, 5.74) is 3.66. The predicted octanol–water partition coefficient (Wildman–Crippen LogP) is 3.77. The van der Waals surface area contributed by atoms with Gasteiger partial charge in [0.15, 0.2) is 5.69 Å². The van der Waals surface area contributed by atoms with E-state index in [-0.39, 0.29) is 11.7 Å². The first kappa shape index (κ1) is 22.7. The van der Waals surface area contributed by atoms with E-state index in [1.54, 1.807) is 45.5 Å². The molecule has 1 saturated carbocycles. The Kier molecular flexibility index (Phi) is 6.05. The van der Waals surface area contributed by atoms with Crippen LogP contribution in [-0.2, 0) is 20.8 Å². The molecule has 0 saturated heterocycles. The van der Waals surface area contributed by atoms with Gasteiger partial charge in [-0.3, -0.25) is 0 Å². The number of aromatic nitrogens is 5. The Labute approximate surface area is 192 Å². The van der Waals surface area contributed by atoms with E-state index < -0.39 is 11.6 Å². The average molecular weight is 452 g/mol. The van der Waals surface area contributed by atoms with E-state index >= 15 is 0 Å². The Morgan fingerprint density at radius 1 is 1.21 bits per heavy atom. The normalized spacial score (nSPS) is 14.5. The summed E-state index contributed by atoms with van der Waals surface area (Å²) in [7, 11) is 0. The second kappa shape index (κ2) is 8.80. The second-order valence-electron chi connectivity index (χ2n) is 9.32. The highest BCUT2D eigenvalue weighted by atomic mass is 16.6. The lowest BCUT2D eigenvalue weighted by molar-refractivity contribution is -0.138. The third kappa shape index (κ3) is 5.47. The summed E-state index contributed by atoms with van der Waals surface area (Å²) in [6.07, 6.45) is 9.74.